The Balaban J connectivity index is 2.20. The van der Waals surface area contributed by atoms with E-state index in [9.17, 15) is 4.79 Å². The van der Waals surface area contributed by atoms with E-state index in [4.69, 9.17) is 16.9 Å². The maximum atomic E-state index is 11.8. The van der Waals surface area contributed by atoms with Crippen molar-refractivity contribution in [2.75, 3.05) is 5.32 Å². The van der Waals surface area contributed by atoms with E-state index in [0.29, 0.717) is 28.0 Å². The van der Waals surface area contributed by atoms with E-state index in [1.807, 2.05) is 6.07 Å². The zero-order valence-electron chi connectivity index (χ0n) is 8.26. The summed E-state index contributed by atoms with van der Waals surface area (Å²) in [5, 5.41) is 12.1. The van der Waals surface area contributed by atoms with Crippen LogP contribution in [-0.4, -0.2) is 5.91 Å². The molecule has 0 heterocycles. The number of halogens is 2. The van der Waals surface area contributed by atoms with Crippen LogP contribution in [0.15, 0.2) is 22.7 Å². The maximum Gasteiger partial charge on any atom is 0.244 e. The molecule has 0 radical (unpaired) electrons. The quantitative estimate of drug-likeness (QED) is 0.910. The van der Waals surface area contributed by atoms with E-state index in [1.54, 1.807) is 18.2 Å². The second-order valence-corrected chi connectivity index (χ2v) is 4.95. The van der Waals surface area contributed by atoms with Crippen molar-refractivity contribution in [1.82, 2.24) is 0 Å². The predicted molar refractivity (Wildman–Crippen MR) is 65.1 cm³/mol. The van der Waals surface area contributed by atoms with Gasteiger partial charge >= 0.3 is 0 Å². The van der Waals surface area contributed by atoms with Gasteiger partial charge in [-0.2, -0.15) is 5.26 Å². The molecule has 16 heavy (non-hydrogen) atoms. The summed E-state index contributed by atoms with van der Waals surface area (Å²) in [6.45, 7) is 0. The van der Waals surface area contributed by atoms with Crippen LogP contribution >= 0.6 is 27.5 Å². The normalized spacial score (nSPS) is 16.3. The first-order chi connectivity index (χ1) is 7.59. The molecule has 0 aliphatic heterocycles. The van der Waals surface area contributed by atoms with Crippen molar-refractivity contribution >= 4 is 39.1 Å². The van der Waals surface area contributed by atoms with Gasteiger partial charge in [-0.3, -0.25) is 4.79 Å². The third kappa shape index (κ3) is 1.93. The average molecular weight is 300 g/mol. The smallest absolute Gasteiger partial charge is 0.244 e. The van der Waals surface area contributed by atoms with Gasteiger partial charge in [-0.05, 0) is 40.9 Å². The summed E-state index contributed by atoms with van der Waals surface area (Å²) in [6.07, 6.45) is 1.26. The molecule has 1 aromatic rings. The lowest BCUT2D eigenvalue weighted by Gasteiger charge is -2.10. The SMILES string of the molecule is N#CC1(C(=O)Nc2cccc(Cl)c2Br)CC1. The molecule has 1 aromatic carbocycles. The first-order valence-electron chi connectivity index (χ1n) is 4.76. The molecule has 3 nitrogen and oxygen atoms in total. The highest BCUT2D eigenvalue weighted by Crippen LogP contribution is 2.46. The molecule has 1 fully saturated rings. The number of nitrogens with one attached hydrogen (secondary N) is 1. The summed E-state index contributed by atoms with van der Waals surface area (Å²) in [6, 6.07) is 7.25. The van der Waals surface area contributed by atoms with Gasteiger partial charge in [-0.1, -0.05) is 17.7 Å². The van der Waals surface area contributed by atoms with Crippen molar-refractivity contribution in [2.45, 2.75) is 12.8 Å². The second-order valence-electron chi connectivity index (χ2n) is 3.75. The van der Waals surface area contributed by atoms with E-state index in [2.05, 4.69) is 21.2 Å². The predicted octanol–water partition coefficient (Wildman–Crippen LogP) is 3.34. The minimum absolute atomic E-state index is 0.252. The van der Waals surface area contributed by atoms with Gasteiger partial charge in [0.2, 0.25) is 5.91 Å². The molecular formula is C11H8BrClN2O. The molecule has 5 heteroatoms. The van der Waals surface area contributed by atoms with Crippen molar-refractivity contribution in [3.63, 3.8) is 0 Å². The lowest BCUT2D eigenvalue weighted by Crippen LogP contribution is -2.22. The molecule has 2 rings (SSSR count). The Hall–Kier alpha value is -1.05. The van der Waals surface area contributed by atoms with Crippen LogP contribution in [0.3, 0.4) is 0 Å². The molecule has 0 unspecified atom stereocenters. The van der Waals surface area contributed by atoms with E-state index < -0.39 is 5.41 Å². The molecule has 1 saturated carbocycles. The molecule has 1 amide bonds. The number of nitrogens with zero attached hydrogens (tertiary/aromatic N) is 1. The van der Waals surface area contributed by atoms with Crippen molar-refractivity contribution < 1.29 is 4.79 Å². The third-order valence-corrected chi connectivity index (χ3v) is 4.00. The molecular weight excluding hydrogens is 291 g/mol. The first-order valence-corrected chi connectivity index (χ1v) is 5.93. The molecule has 0 bridgehead atoms. The molecule has 0 spiro atoms. The zero-order chi connectivity index (χ0) is 11.8. The maximum absolute atomic E-state index is 11.8. The Kier molecular flexibility index (Phi) is 2.92. The standard InChI is InChI=1S/C11H8BrClN2O/c12-9-7(13)2-1-3-8(9)15-10(16)11(6-14)4-5-11/h1-3H,4-5H2,(H,15,16). The van der Waals surface area contributed by atoms with Crippen LogP contribution in [0.1, 0.15) is 12.8 Å². The molecule has 82 valence electrons. The van der Waals surface area contributed by atoms with Gasteiger partial charge in [0.15, 0.2) is 0 Å². The zero-order valence-corrected chi connectivity index (χ0v) is 10.6. The summed E-state index contributed by atoms with van der Waals surface area (Å²) in [5.74, 6) is -0.252. The Morgan fingerprint density at radius 3 is 2.81 bits per heavy atom. The Morgan fingerprint density at radius 1 is 1.56 bits per heavy atom. The van der Waals surface area contributed by atoms with Gasteiger partial charge in [-0.25, -0.2) is 0 Å². The van der Waals surface area contributed by atoms with Crippen molar-refractivity contribution in [1.29, 1.82) is 5.26 Å². The van der Waals surface area contributed by atoms with Gasteiger partial charge in [0.25, 0.3) is 0 Å². The number of anilines is 1. The van der Waals surface area contributed by atoms with Crippen molar-refractivity contribution in [2.24, 2.45) is 5.41 Å². The Labute approximate surface area is 107 Å². The van der Waals surface area contributed by atoms with E-state index in [0.717, 1.165) is 0 Å². The number of carbonyl (C=O) groups is 1. The summed E-state index contributed by atoms with van der Waals surface area (Å²) in [7, 11) is 0. The van der Waals surface area contributed by atoms with Gasteiger partial charge in [0, 0.05) is 0 Å². The van der Waals surface area contributed by atoms with Gasteiger partial charge in [-0.15, -0.1) is 0 Å². The fraction of sp³-hybridized carbons (Fsp3) is 0.273. The number of amides is 1. The molecule has 1 aliphatic rings. The summed E-state index contributed by atoms with van der Waals surface area (Å²) in [4.78, 5) is 11.8. The molecule has 1 aliphatic carbocycles. The summed E-state index contributed by atoms with van der Waals surface area (Å²) < 4.78 is 0.638. The number of carbonyl (C=O) groups excluding carboxylic acids is 1. The van der Waals surface area contributed by atoms with Crippen LogP contribution < -0.4 is 5.32 Å². The number of rotatable bonds is 2. The van der Waals surface area contributed by atoms with Crippen LogP contribution in [0, 0.1) is 16.7 Å². The summed E-state index contributed by atoms with van der Waals surface area (Å²) >= 11 is 9.19. The van der Waals surface area contributed by atoms with Crippen molar-refractivity contribution in [3.05, 3.63) is 27.7 Å². The summed E-state index contributed by atoms with van der Waals surface area (Å²) in [5.41, 5.74) is -0.221. The fourth-order valence-corrected chi connectivity index (χ4v) is 1.89. The van der Waals surface area contributed by atoms with Crippen LogP contribution in [-0.2, 0) is 4.79 Å². The average Bonchev–Trinajstić information content (AvgIpc) is 3.05. The Morgan fingerprint density at radius 2 is 2.25 bits per heavy atom. The van der Waals surface area contributed by atoms with Crippen LogP contribution in [0.4, 0.5) is 5.69 Å². The van der Waals surface area contributed by atoms with Gasteiger partial charge in [0.1, 0.15) is 5.41 Å². The first kappa shape index (κ1) is 11.4. The highest BCUT2D eigenvalue weighted by molar-refractivity contribution is 9.10. The van der Waals surface area contributed by atoms with E-state index in [-0.39, 0.29) is 5.91 Å². The topological polar surface area (TPSA) is 52.9 Å². The Bertz CT molecular complexity index is 491. The van der Waals surface area contributed by atoms with E-state index in [1.165, 1.54) is 0 Å². The second kappa shape index (κ2) is 4.08. The van der Waals surface area contributed by atoms with Gasteiger partial charge in [0.05, 0.1) is 21.3 Å². The molecule has 0 saturated heterocycles. The minimum atomic E-state index is -0.818. The highest BCUT2D eigenvalue weighted by atomic mass is 79.9. The van der Waals surface area contributed by atoms with Crippen LogP contribution in [0.25, 0.3) is 0 Å². The minimum Gasteiger partial charge on any atom is -0.324 e. The number of hydrogen-bond acceptors (Lipinski definition) is 2. The van der Waals surface area contributed by atoms with E-state index >= 15 is 0 Å². The van der Waals surface area contributed by atoms with Crippen molar-refractivity contribution in [3.8, 4) is 6.07 Å². The van der Waals surface area contributed by atoms with Gasteiger partial charge < -0.3 is 5.32 Å². The molecule has 0 atom stereocenters. The third-order valence-electron chi connectivity index (χ3n) is 2.60. The number of benzene rings is 1. The largest absolute Gasteiger partial charge is 0.324 e. The lowest BCUT2D eigenvalue weighted by molar-refractivity contribution is -0.119. The number of nitriles is 1. The van der Waals surface area contributed by atoms with Crippen LogP contribution in [0.5, 0.6) is 0 Å². The lowest BCUT2D eigenvalue weighted by atomic mass is 10.1. The van der Waals surface area contributed by atoms with Crippen LogP contribution in [0.2, 0.25) is 5.02 Å². The monoisotopic (exact) mass is 298 g/mol. The molecule has 1 N–H and O–H groups in total. The molecule has 0 aromatic heterocycles. The highest BCUT2D eigenvalue weighted by Gasteiger charge is 2.50. The number of hydrogen-bond donors (Lipinski definition) is 1. The fourth-order valence-electron chi connectivity index (χ4n) is 1.36.